The highest BCUT2D eigenvalue weighted by molar-refractivity contribution is 9.10. The van der Waals surface area contributed by atoms with Gasteiger partial charge in [-0.15, -0.1) is 0 Å². The average molecular weight is 460 g/mol. The van der Waals surface area contributed by atoms with Crippen molar-refractivity contribution in [3.63, 3.8) is 0 Å². The van der Waals surface area contributed by atoms with Gasteiger partial charge in [-0.3, -0.25) is 4.79 Å². The van der Waals surface area contributed by atoms with E-state index in [1.165, 1.54) is 0 Å². The first-order valence-corrected chi connectivity index (χ1v) is 10.5. The first kappa shape index (κ1) is 20.9. The molecule has 0 fully saturated rings. The summed E-state index contributed by atoms with van der Waals surface area (Å²) in [6.07, 6.45) is 0.226. The van der Waals surface area contributed by atoms with E-state index in [1.807, 2.05) is 6.07 Å². The molecule has 0 bridgehead atoms. The third kappa shape index (κ3) is 7.48. The Bertz CT molecular complexity index is 709. The van der Waals surface area contributed by atoms with Crippen molar-refractivity contribution in [1.82, 2.24) is 0 Å². The second-order valence-electron chi connectivity index (χ2n) is 5.16. The average Bonchev–Trinajstić information content (AvgIpc) is 2.62. The molecular formula is C19H20BrClO4S. The fourth-order valence-corrected chi connectivity index (χ4v) is 3.17. The molecule has 0 unspecified atom stereocenters. The molecule has 0 aromatic heterocycles. The summed E-state index contributed by atoms with van der Waals surface area (Å²) < 4.78 is 17.3. The number of carbonyl (C=O) groups is 1. The van der Waals surface area contributed by atoms with Crippen LogP contribution in [0.25, 0.3) is 0 Å². The lowest BCUT2D eigenvalue weighted by Crippen LogP contribution is -2.11. The van der Waals surface area contributed by atoms with Crippen molar-refractivity contribution in [2.24, 2.45) is 0 Å². The van der Waals surface area contributed by atoms with Crippen LogP contribution in [-0.2, 0) is 9.53 Å². The second kappa shape index (κ2) is 11.4. The van der Waals surface area contributed by atoms with Crippen molar-refractivity contribution in [2.45, 2.75) is 13.3 Å². The monoisotopic (exact) mass is 458 g/mol. The smallest absolute Gasteiger partial charge is 0.309 e. The highest BCUT2D eigenvalue weighted by Gasteiger charge is 2.06. The Kier molecular flexibility index (Phi) is 9.15. The minimum Gasteiger partial charge on any atom is -0.493 e. The Morgan fingerprint density at radius 1 is 1.12 bits per heavy atom. The zero-order valence-electron chi connectivity index (χ0n) is 14.4. The third-order valence-corrected chi connectivity index (χ3v) is 4.87. The maximum absolute atomic E-state index is 11.6. The maximum Gasteiger partial charge on any atom is 0.309 e. The molecule has 0 aliphatic rings. The van der Waals surface area contributed by atoms with E-state index < -0.39 is 0 Å². The van der Waals surface area contributed by atoms with Gasteiger partial charge in [0.1, 0.15) is 23.9 Å². The van der Waals surface area contributed by atoms with E-state index in [1.54, 1.807) is 48.2 Å². The molecule has 7 heteroatoms. The third-order valence-electron chi connectivity index (χ3n) is 3.22. The first-order chi connectivity index (χ1) is 12.6. The number of rotatable bonds is 10. The summed E-state index contributed by atoms with van der Waals surface area (Å²) in [6.45, 7) is 2.80. The summed E-state index contributed by atoms with van der Waals surface area (Å²) >= 11 is 11.2. The molecule has 0 saturated carbocycles. The molecule has 0 heterocycles. The molecule has 0 amide bonds. The largest absolute Gasteiger partial charge is 0.493 e. The van der Waals surface area contributed by atoms with Crippen LogP contribution in [0.2, 0.25) is 5.02 Å². The van der Waals surface area contributed by atoms with Crippen molar-refractivity contribution >= 4 is 45.3 Å². The van der Waals surface area contributed by atoms with Gasteiger partial charge in [0.2, 0.25) is 0 Å². The predicted octanol–water partition coefficient (Wildman–Crippen LogP) is 5.96. The molecule has 0 spiro atoms. The number of hydrogen-bond donors (Lipinski definition) is 0. The van der Waals surface area contributed by atoms with E-state index >= 15 is 0 Å². The van der Waals surface area contributed by atoms with Gasteiger partial charge >= 0.3 is 5.97 Å². The van der Waals surface area contributed by atoms with Gasteiger partial charge in [0, 0.05) is 10.2 Å². The first-order valence-electron chi connectivity index (χ1n) is 8.17. The van der Waals surface area contributed by atoms with Crippen LogP contribution in [0.5, 0.6) is 17.2 Å². The van der Waals surface area contributed by atoms with E-state index in [0.29, 0.717) is 28.9 Å². The minimum atomic E-state index is -0.244. The van der Waals surface area contributed by atoms with Gasteiger partial charge in [0.05, 0.1) is 18.1 Å². The molecule has 2 aromatic rings. The summed E-state index contributed by atoms with van der Waals surface area (Å²) in [7, 11) is 0. The van der Waals surface area contributed by atoms with E-state index in [-0.39, 0.29) is 19.0 Å². The highest BCUT2D eigenvalue weighted by Crippen LogP contribution is 2.32. The van der Waals surface area contributed by atoms with Gasteiger partial charge in [-0.05, 0) is 48.2 Å². The molecule has 0 N–H and O–H groups in total. The van der Waals surface area contributed by atoms with Crippen molar-refractivity contribution in [1.29, 1.82) is 0 Å². The number of ether oxygens (including phenoxy) is 3. The molecular weight excluding hydrogens is 440 g/mol. The SMILES string of the molecule is CCSCCOC(=O)CCOc1ccc(Oc2ccc(Br)cc2Cl)cc1. The Labute approximate surface area is 171 Å². The van der Waals surface area contributed by atoms with Crippen LogP contribution in [0.1, 0.15) is 13.3 Å². The molecule has 2 rings (SSSR count). The topological polar surface area (TPSA) is 44.8 Å². The predicted molar refractivity (Wildman–Crippen MR) is 110 cm³/mol. The molecule has 0 saturated heterocycles. The Morgan fingerprint density at radius 3 is 2.54 bits per heavy atom. The van der Waals surface area contributed by atoms with Crippen LogP contribution in [0.4, 0.5) is 0 Å². The Morgan fingerprint density at radius 2 is 1.85 bits per heavy atom. The Hall–Kier alpha value is -1.37. The molecule has 0 radical (unpaired) electrons. The summed E-state index contributed by atoms with van der Waals surface area (Å²) in [4.78, 5) is 11.6. The van der Waals surface area contributed by atoms with Crippen molar-refractivity contribution in [3.05, 3.63) is 52.0 Å². The molecule has 26 heavy (non-hydrogen) atoms. The molecule has 0 atom stereocenters. The minimum absolute atomic E-state index is 0.226. The van der Waals surface area contributed by atoms with E-state index in [2.05, 4.69) is 22.9 Å². The normalized spacial score (nSPS) is 10.4. The summed E-state index contributed by atoms with van der Waals surface area (Å²) in [5.41, 5.74) is 0. The van der Waals surface area contributed by atoms with Crippen LogP contribution < -0.4 is 9.47 Å². The summed E-state index contributed by atoms with van der Waals surface area (Å²) in [5, 5.41) is 0.524. The van der Waals surface area contributed by atoms with Gasteiger partial charge in [-0.25, -0.2) is 0 Å². The zero-order valence-corrected chi connectivity index (χ0v) is 17.5. The maximum atomic E-state index is 11.6. The van der Waals surface area contributed by atoms with E-state index in [9.17, 15) is 4.79 Å². The standard InChI is InChI=1S/C19H20BrClO4S/c1-2-26-12-11-24-19(22)9-10-23-15-4-6-16(7-5-15)25-18-8-3-14(20)13-17(18)21/h3-8,13H,2,9-12H2,1H3. The van der Waals surface area contributed by atoms with Crippen LogP contribution in [0.3, 0.4) is 0 Å². The van der Waals surface area contributed by atoms with Crippen molar-refractivity contribution in [2.75, 3.05) is 24.7 Å². The van der Waals surface area contributed by atoms with Crippen molar-refractivity contribution in [3.8, 4) is 17.2 Å². The summed E-state index contributed by atoms with van der Waals surface area (Å²) in [6, 6.07) is 12.6. The lowest BCUT2D eigenvalue weighted by Gasteiger charge is -2.10. The number of esters is 1. The molecule has 0 aliphatic carbocycles. The fraction of sp³-hybridized carbons (Fsp3) is 0.316. The number of hydrogen-bond acceptors (Lipinski definition) is 5. The second-order valence-corrected chi connectivity index (χ2v) is 7.88. The van der Waals surface area contributed by atoms with Crippen LogP contribution >= 0.6 is 39.3 Å². The van der Waals surface area contributed by atoms with Crippen molar-refractivity contribution < 1.29 is 19.0 Å². The quantitative estimate of drug-likeness (QED) is 0.324. The molecule has 0 aliphatic heterocycles. The molecule has 140 valence electrons. The van der Waals surface area contributed by atoms with Crippen LogP contribution in [0, 0.1) is 0 Å². The Balaban J connectivity index is 1.74. The molecule has 2 aromatic carbocycles. The van der Waals surface area contributed by atoms with Crippen LogP contribution in [0.15, 0.2) is 46.9 Å². The van der Waals surface area contributed by atoms with Crippen LogP contribution in [-0.4, -0.2) is 30.7 Å². The molecule has 4 nitrogen and oxygen atoms in total. The lowest BCUT2D eigenvalue weighted by molar-refractivity contribution is -0.143. The van der Waals surface area contributed by atoms with Gasteiger partial charge < -0.3 is 14.2 Å². The lowest BCUT2D eigenvalue weighted by atomic mass is 10.3. The number of halogens is 2. The van der Waals surface area contributed by atoms with Gasteiger partial charge in [-0.2, -0.15) is 11.8 Å². The fourth-order valence-electron chi connectivity index (χ4n) is 1.97. The number of thioether (sulfide) groups is 1. The van der Waals surface area contributed by atoms with Gasteiger partial charge in [-0.1, -0.05) is 34.5 Å². The van der Waals surface area contributed by atoms with E-state index in [0.717, 1.165) is 16.0 Å². The highest BCUT2D eigenvalue weighted by atomic mass is 79.9. The number of benzene rings is 2. The van der Waals surface area contributed by atoms with Gasteiger partial charge in [0.25, 0.3) is 0 Å². The van der Waals surface area contributed by atoms with Gasteiger partial charge in [0.15, 0.2) is 0 Å². The zero-order chi connectivity index (χ0) is 18.8. The number of carbonyl (C=O) groups excluding carboxylic acids is 1. The summed E-state index contributed by atoms with van der Waals surface area (Å²) in [5.74, 6) is 3.49. The van der Waals surface area contributed by atoms with E-state index in [4.69, 9.17) is 25.8 Å².